The molecule has 0 unspecified atom stereocenters. The lowest BCUT2D eigenvalue weighted by Gasteiger charge is -2.27. The van der Waals surface area contributed by atoms with Crippen LogP contribution < -0.4 is 11.1 Å². The maximum Gasteiger partial charge on any atom is 0.223 e. The van der Waals surface area contributed by atoms with Crippen molar-refractivity contribution < 1.29 is 13.2 Å². The minimum atomic E-state index is -3.37. The van der Waals surface area contributed by atoms with Crippen LogP contribution in [0, 0.1) is 5.92 Å². The lowest BCUT2D eigenvalue weighted by Crippen LogP contribution is -2.36. The first-order chi connectivity index (χ1) is 12.5. The molecule has 0 aromatic heterocycles. The van der Waals surface area contributed by atoms with E-state index in [4.69, 9.17) is 5.73 Å². The highest BCUT2D eigenvalue weighted by atomic mass is 32.2. The van der Waals surface area contributed by atoms with Crippen molar-refractivity contribution in [2.24, 2.45) is 11.7 Å². The van der Waals surface area contributed by atoms with E-state index < -0.39 is 15.1 Å². The summed E-state index contributed by atoms with van der Waals surface area (Å²) in [6.07, 6.45) is 3.06. The van der Waals surface area contributed by atoms with E-state index in [1.807, 2.05) is 30.3 Å². The fraction of sp³-hybridized carbons (Fsp3) is 0.450. The van der Waals surface area contributed by atoms with Crippen LogP contribution in [0.3, 0.4) is 0 Å². The first-order valence-corrected chi connectivity index (χ1v) is 10.8. The Hall–Kier alpha value is -1.92. The normalized spacial score (nSPS) is 20.8. The summed E-state index contributed by atoms with van der Waals surface area (Å²) in [6, 6.07) is 13.1. The molecule has 0 saturated heterocycles. The average Bonchev–Trinajstić information content (AvgIpc) is 2.67. The number of benzene rings is 2. The number of rotatable bonds is 6. The van der Waals surface area contributed by atoms with Gasteiger partial charge in [-0.15, -0.1) is 0 Å². The van der Waals surface area contributed by atoms with Crippen molar-refractivity contribution in [2.45, 2.75) is 42.2 Å². The molecule has 1 saturated carbocycles. The van der Waals surface area contributed by atoms with Crippen LogP contribution in [0.1, 0.15) is 32.1 Å². The van der Waals surface area contributed by atoms with Crippen LogP contribution in [0.15, 0.2) is 47.4 Å². The van der Waals surface area contributed by atoms with Crippen LogP contribution in [0.5, 0.6) is 0 Å². The van der Waals surface area contributed by atoms with E-state index in [9.17, 15) is 13.2 Å². The molecule has 1 aliphatic carbocycles. The first kappa shape index (κ1) is 18.9. The molecule has 1 aliphatic rings. The van der Waals surface area contributed by atoms with Crippen molar-refractivity contribution in [2.75, 3.05) is 13.1 Å². The molecular weight excluding hydrogens is 348 g/mol. The molecular formula is C20H26N2O3S. The van der Waals surface area contributed by atoms with E-state index in [0.29, 0.717) is 43.7 Å². The van der Waals surface area contributed by atoms with Gasteiger partial charge in [0.1, 0.15) is 0 Å². The standard InChI is InChI=1S/C20H26N2O3S/c21-12-3-13-22-20(23)16-7-9-18(10-8-16)26(24,25)19-11-6-15-4-1-2-5-17(15)14-19/h1-2,4-6,11,14,16,18H,3,7-10,12-13,21H2,(H,22,23). The molecule has 140 valence electrons. The SMILES string of the molecule is NCCCNC(=O)C1CCC(S(=O)(=O)c2ccc3ccccc3c2)CC1. The summed E-state index contributed by atoms with van der Waals surface area (Å²) in [4.78, 5) is 12.5. The quantitative estimate of drug-likeness (QED) is 0.761. The van der Waals surface area contributed by atoms with Crippen molar-refractivity contribution in [3.05, 3.63) is 42.5 Å². The number of nitrogens with one attached hydrogen (secondary N) is 1. The molecule has 0 bridgehead atoms. The van der Waals surface area contributed by atoms with Crippen molar-refractivity contribution in [3.8, 4) is 0 Å². The molecule has 1 amide bonds. The Kier molecular flexibility index (Phi) is 5.94. The Balaban J connectivity index is 1.66. The van der Waals surface area contributed by atoms with Crippen LogP contribution in [0.2, 0.25) is 0 Å². The van der Waals surface area contributed by atoms with Crippen molar-refractivity contribution >= 4 is 26.5 Å². The lowest BCUT2D eigenvalue weighted by molar-refractivity contribution is -0.125. The largest absolute Gasteiger partial charge is 0.356 e. The van der Waals surface area contributed by atoms with Crippen LogP contribution >= 0.6 is 0 Å². The minimum Gasteiger partial charge on any atom is -0.356 e. The van der Waals surface area contributed by atoms with Crippen LogP contribution in [0.25, 0.3) is 10.8 Å². The Morgan fingerprint density at radius 2 is 1.73 bits per heavy atom. The smallest absolute Gasteiger partial charge is 0.223 e. The Labute approximate surface area is 154 Å². The molecule has 5 nitrogen and oxygen atoms in total. The second kappa shape index (κ2) is 8.18. The second-order valence-electron chi connectivity index (χ2n) is 6.96. The maximum absolute atomic E-state index is 13.0. The van der Waals surface area contributed by atoms with Gasteiger partial charge in [-0.05, 0) is 61.6 Å². The summed E-state index contributed by atoms with van der Waals surface area (Å²) in [6.45, 7) is 1.14. The zero-order valence-corrected chi connectivity index (χ0v) is 15.7. The number of nitrogens with two attached hydrogens (primary N) is 1. The third kappa shape index (κ3) is 4.07. The molecule has 0 atom stereocenters. The van der Waals surface area contributed by atoms with E-state index in [2.05, 4.69) is 5.32 Å². The summed E-state index contributed by atoms with van der Waals surface area (Å²) in [5, 5.41) is 4.45. The molecule has 3 N–H and O–H groups in total. The number of hydrogen-bond acceptors (Lipinski definition) is 4. The molecule has 1 fully saturated rings. The van der Waals surface area contributed by atoms with Gasteiger partial charge in [0.15, 0.2) is 9.84 Å². The molecule has 0 aliphatic heterocycles. The molecule has 3 rings (SSSR count). The van der Waals surface area contributed by atoms with Gasteiger partial charge >= 0.3 is 0 Å². The fourth-order valence-electron chi connectivity index (χ4n) is 3.63. The highest BCUT2D eigenvalue weighted by Crippen LogP contribution is 2.33. The monoisotopic (exact) mass is 374 g/mol. The fourth-order valence-corrected chi connectivity index (χ4v) is 5.46. The third-order valence-corrected chi connectivity index (χ3v) is 7.47. The molecule has 2 aromatic carbocycles. The van der Waals surface area contributed by atoms with Crippen molar-refractivity contribution in [1.82, 2.24) is 5.32 Å². The number of fused-ring (bicyclic) bond motifs is 1. The zero-order chi connectivity index (χ0) is 18.6. The predicted molar refractivity (Wildman–Crippen MR) is 104 cm³/mol. The topological polar surface area (TPSA) is 89.3 Å². The highest BCUT2D eigenvalue weighted by Gasteiger charge is 2.34. The molecule has 2 aromatic rings. The second-order valence-corrected chi connectivity index (χ2v) is 9.19. The van der Waals surface area contributed by atoms with Gasteiger partial charge in [-0.1, -0.05) is 30.3 Å². The summed E-state index contributed by atoms with van der Waals surface area (Å²) in [5.41, 5.74) is 5.43. The molecule has 0 spiro atoms. The molecule has 0 radical (unpaired) electrons. The van der Waals surface area contributed by atoms with Gasteiger partial charge in [0.05, 0.1) is 10.1 Å². The van der Waals surface area contributed by atoms with Crippen molar-refractivity contribution in [3.63, 3.8) is 0 Å². The summed E-state index contributed by atoms with van der Waals surface area (Å²) in [5.74, 6) is -0.0594. The van der Waals surface area contributed by atoms with Gasteiger partial charge in [-0.2, -0.15) is 0 Å². The zero-order valence-electron chi connectivity index (χ0n) is 14.9. The van der Waals surface area contributed by atoms with E-state index in [1.165, 1.54) is 0 Å². The van der Waals surface area contributed by atoms with E-state index in [1.54, 1.807) is 12.1 Å². The van der Waals surface area contributed by atoms with Crippen molar-refractivity contribution in [1.29, 1.82) is 0 Å². The van der Waals surface area contributed by atoms with Gasteiger partial charge in [0, 0.05) is 12.5 Å². The average molecular weight is 375 g/mol. The number of carbonyl (C=O) groups is 1. The van der Waals surface area contributed by atoms with Gasteiger partial charge in [0.25, 0.3) is 0 Å². The first-order valence-electron chi connectivity index (χ1n) is 9.23. The van der Waals surface area contributed by atoms with Gasteiger partial charge in [-0.3, -0.25) is 4.79 Å². The minimum absolute atomic E-state index is 0.0278. The van der Waals surface area contributed by atoms with Gasteiger partial charge in [-0.25, -0.2) is 8.42 Å². The molecule has 26 heavy (non-hydrogen) atoms. The van der Waals surface area contributed by atoms with E-state index >= 15 is 0 Å². The summed E-state index contributed by atoms with van der Waals surface area (Å²) >= 11 is 0. The summed E-state index contributed by atoms with van der Waals surface area (Å²) in [7, 11) is -3.37. The third-order valence-electron chi connectivity index (χ3n) is 5.21. The number of sulfone groups is 1. The maximum atomic E-state index is 13.0. The lowest BCUT2D eigenvalue weighted by atomic mass is 9.88. The van der Waals surface area contributed by atoms with Crippen LogP contribution in [-0.2, 0) is 14.6 Å². The van der Waals surface area contributed by atoms with Gasteiger partial charge < -0.3 is 11.1 Å². The Morgan fingerprint density at radius 3 is 2.42 bits per heavy atom. The van der Waals surface area contributed by atoms with Crippen LogP contribution in [0.4, 0.5) is 0 Å². The number of hydrogen-bond donors (Lipinski definition) is 2. The molecule has 0 heterocycles. The number of carbonyl (C=O) groups excluding carboxylic acids is 1. The van der Waals surface area contributed by atoms with E-state index in [-0.39, 0.29) is 11.8 Å². The Bertz CT molecular complexity index is 872. The Morgan fingerprint density at radius 1 is 1.04 bits per heavy atom. The van der Waals surface area contributed by atoms with Gasteiger partial charge in [0.2, 0.25) is 5.91 Å². The molecule has 6 heteroatoms. The van der Waals surface area contributed by atoms with E-state index in [0.717, 1.165) is 17.2 Å². The van der Waals surface area contributed by atoms with Crippen LogP contribution in [-0.4, -0.2) is 32.7 Å². The summed E-state index contributed by atoms with van der Waals surface area (Å²) < 4.78 is 26.0. The predicted octanol–water partition coefficient (Wildman–Crippen LogP) is 2.64. The number of amides is 1. The highest BCUT2D eigenvalue weighted by molar-refractivity contribution is 7.92.